The highest BCUT2D eigenvalue weighted by molar-refractivity contribution is 14.1. The van der Waals surface area contributed by atoms with Gasteiger partial charge < -0.3 is 10.6 Å². The van der Waals surface area contributed by atoms with Crippen LogP contribution in [0.15, 0.2) is 12.1 Å². The van der Waals surface area contributed by atoms with E-state index in [0.717, 1.165) is 48.3 Å². The van der Waals surface area contributed by atoms with Gasteiger partial charge in [-0.1, -0.05) is 11.6 Å². The van der Waals surface area contributed by atoms with Gasteiger partial charge in [0.2, 0.25) is 5.91 Å². The van der Waals surface area contributed by atoms with Gasteiger partial charge in [-0.3, -0.25) is 9.69 Å². The Morgan fingerprint density at radius 2 is 2.09 bits per heavy atom. The molecule has 1 aromatic rings. The average Bonchev–Trinajstić information content (AvgIpc) is 2.48. The lowest BCUT2D eigenvalue weighted by Crippen LogP contribution is -2.51. The van der Waals surface area contributed by atoms with Crippen LogP contribution in [-0.2, 0) is 4.79 Å². The number of aromatic nitrogens is 1. The van der Waals surface area contributed by atoms with Gasteiger partial charge in [0.25, 0.3) is 0 Å². The minimum Gasteiger partial charge on any atom is -0.367 e. The molecule has 0 spiro atoms. The Kier molecular flexibility index (Phi) is 5.41. The van der Waals surface area contributed by atoms with Gasteiger partial charge in [-0.05, 0) is 54.0 Å². The van der Waals surface area contributed by atoms with Gasteiger partial charge in [0.05, 0.1) is 0 Å². The zero-order valence-electron chi connectivity index (χ0n) is 12.3. The molecule has 1 amide bonds. The third-order valence-corrected chi connectivity index (χ3v) is 5.21. The molecule has 120 valence electrons. The number of hydrogen-bond donors (Lipinski definition) is 2. The quantitative estimate of drug-likeness (QED) is 0.567. The fourth-order valence-electron chi connectivity index (χ4n) is 3.19. The SMILES string of the molecule is O=C1CC[C@H](N2CCC(Nc3cc(I)cc(Cl)n3)CC2)CN1. The van der Waals surface area contributed by atoms with Crippen molar-refractivity contribution in [2.24, 2.45) is 0 Å². The van der Waals surface area contributed by atoms with Gasteiger partial charge in [0, 0.05) is 41.7 Å². The van der Waals surface area contributed by atoms with Crippen molar-refractivity contribution in [3.63, 3.8) is 0 Å². The van der Waals surface area contributed by atoms with E-state index in [9.17, 15) is 4.79 Å². The number of carbonyl (C=O) groups is 1. The Balaban J connectivity index is 1.50. The Hall–Kier alpha value is -0.600. The molecule has 2 N–H and O–H groups in total. The van der Waals surface area contributed by atoms with Crippen LogP contribution in [0, 0.1) is 3.57 Å². The molecular formula is C15H20ClIN4O. The van der Waals surface area contributed by atoms with Crippen molar-refractivity contribution in [3.8, 4) is 0 Å². The molecule has 3 rings (SSSR count). The predicted molar refractivity (Wildman–Crippen MR) is 96.2 cm³/mol. The van der Waals surface area contributed by atoms with Crippen LogP contribution in [-0.4, -0.2) is 47.5 Å². The fourth-order valence-corrected chi connectivity index (χ4v) is 4.17. The lowest BCUT2D eigenvalue weighted by Gasteiger charge is -2.39. The summed E-state index contributed by atoms with van der Waals surface area (Å²) in [5, 5.41) is 7.00. The average molecular weight is 435 g/mol. The summed E-state index contributed by atoms with van der Waals surface area (Å²) in [6.45, 7) is 2.93. The Morgan fingerprint density at radius 1 is 1.32 bits per heavy atom. The summed E-state index contributed by atoms with van der Waals surface area (Å²) in [7, 11) is 0. The number of pyridine rings is 1. The van der Waals surface area contributed by atoms with Crippen molar-refractivity contribution < 1.29 is 4.79 Å². The Labute approximate surface area is 149 Å². The van der Waals surface area contributed by atoms with E-state index in [1.807, 2.05) is 12.1 Å². The Bertz CT molecular complexity index is 518. The number of hydrogen-bond acceptors (Lipinski definition) is 4. The van der Waals surface area contributed by atoms with Crippen molar-refractivity contribution in [2.75, 3.05) is 25.0 Å². The molecule has 1 atom stereocenters. The molecule has 2 aliphatic rings. The van der Waals surface area contributed by atoms with Crippen LogP contribution < -0.4 is 10.6 Å². The van der Waals surface area contributed by atoms with E-state index in [1.165, 1.54) is 0 Å². The smallest absolute Gasteiger partial charge is 0.220 e. The summed E-state index contributed by atoms with van der Waals surface area (Å²) in [6, 6.07) is 4.82. The summed E-state index contributed by atoms with van der Waals surface area (Å²) >= 11 is 8.26. The molecule has 2 aliphatic heterocycles. The molecule has 0 unspecified atom stereocenters. The van der Waals surface area contributed by atoms with Crippen LogP contribution >= 0.6 is 34.2 Å². The maximum Gasteiger partial charge on any atom is 0.220 e. The summed E-state index contributed by atoms with van der Waals surface area (Å²) < 4.78 is 1.09. The van der Waals surface area contributed by atoms with E-state index in [2.05, 4.69) is 43.1 Å². The van der Waals surface area contributed by atoms with Crippen LogP contribution in [0.25, 0.3) is 0 Å². The Morgan fingerprint density at radius 3 is 2.73 bits per heavy atom. The molecule has 2 fully saturated rings. The van der Waals surface area contributed by atoms with Crippen LogP contribution in [0.3, 0.4) is 0 Å². The number of likely N-dealkylation sites (tertiary alicyclic amines) is 1. The summed E-state index contributed by atoms with van der Waals surface area (Å²) in [6.07, 6.45) is 3.83. The maximum absolute atomic E-state index is 11.2. The van der Waals surface area contributed by atoms with Gasteiger partial charge in [0.1, 0.15) is 11.0 Å². The van der Waals surface area contributed by atoms with Crippen molar-refractivity contribution in [1.82, 2.24) is 15.2 Å². The maximum atomic E-state index is 11.2. The number of carbonyl (C=O) groups excluding carboxylic acids is 1. The van der Waals surface area contributed by atoms with E-state index < -0.39 is 0 Å². The van der Waals surface area contributed by atoms with Crippen molar-refractivity contribution >= 4 is 45.9 Å². The molecule has 0 saturated carbocycles. The van der Waals surface area contributed by atoms with Gasteiger partial charge >= 0.3 is 0 Å². The number of nitrogens with one attached hydrogen (secondary N) is 2. The van der Waals surface area contributed by atoms with Crippen molar-refractivity contribution in [2.45, 2.75) is 37.8 Å². The standard InChI is InChI=1S/C15H20ClIN4O/c16-13-7-10(17)8-14(20-13)19-11-3-5-21(6-4-11)12-1-2-15(22)18-9-12/h7-8,11-12H,1-6,9H2,(H,18,22)(H,19,20)/t12-/m0/s1. The molecule has 2 saturated heterocycles. The fraction of sp³-hybridized carbons (Fsp3) is 0.600. The van der Waals surface area contributed by atoms with E-state index in [0.29, 0.717) is 23.7 Å². The van der Waals surface area contributed by atoms with Gasteiger partial charge in [-0.2, -0.15) is 0 Å². The first-order chi connectivity index (χ1) is 10.6. The third-order valence-electron chi connectivity index (χ3n) is 4.40. The zero-order chi connectivity index (χ0) is 15.5. The topological polar surface area (TPSA) is 57.3 Å². The minimum atomic E-state index is 0.189. The molecule has 22 heavy (non-hydrogen) atoms. The highest BCUT2D eigenvalue weighted by Crippen LogP contribution is 2.22. The third kappa shape index (κ3) is 4.23. The first kappa shape index (κ1) is 16.3. The molecule has 1 aromatic heterocycles. The highest BCUT2D eigenvalue weighted by atomic mass is 127. The molecule has 0 bridgehead atoms. The van der Waals surface area contributed by atoms with Crippen LogP contribution in [0.4, 0.5) is 5.82 Å². The molecule has 3 heterocycles. The zero-order valence-corrected chi connectivity index (χ0v) is 15.2. The molecule has 0 radical (unpaired) electrons. The number of anilines is 1. The molecule has 0 aliphatic carbocycles. The lowest BCUT2D eigenvalue weighted by molar-refractivity contribution is -0.123. The van der Waals surface area contributed by atoms with E-state index in [-0.39, 0.29) is 5.91 Å². The molecule has 5 nitrogen and oxygen atoms in total. The second-order valence-corrected chi connectivity index (χ2v) is 7.58. The number of piperidine rings is 2. The largest absolute Gasteiger partial charge is 0.367 e. The minimum absolute atomic E-state index is 0.189. The van der Waals surface area contributed by atoms with Crippen molar-refractivity contribution in [3.05, 3.63) is 20.9 Å². The normalized spacial score (nSPS) is 24.1. The van der Waals surface area contributed by atoms with Gasteiger partial charge in [-0.15, -0.1) is 0 Å². The summed E-state index contributed by atoms with van der Waals surface area (Å²) in [5.41, 5.74) is 0. The van der Waals surface area contributed by atoms with E-state index in [1.54, 1.807) is 0 Å². The first-order valence-electron chi connectivity index (χ1n) is 7.70. The number of nitrogens with zero attached hydrogens (tertiary/aromatic N) is 2. The molecule has 7 heteroatoms. The van der Waals surface area contributed by atoms with Crippen molar-refractivity contribution in [1.29, 1.82) is 0 Å². The summed E-state index contributed by atoms with van der Waals surface area (Å²) in [5.74, 6) is 1.05. The molecule has 0 aromatic carbocycles. The second-order valence-electron chi connectivity index (χ2n) is 5.94. The van der Waals surface area contributed by atoms with Crippen LogP contribution in [0.5, 0.6) is 0 Å². The first-order valence-corrected chi connectivity index (χ1v) is 9.16. The predicted octanol–water partition coefficient (Wildman–Crippen LogP) is 2.49. The van der Waals surface area contributed by atoms with Gasteiger partial charge in [0.15, 0.2) is 0 Å². The lowest BCUT2D eigenvalue weighted by atomic mass is 9.99. The van der Waals surface area contributed by atoms with E-state index >= 15 is 0 Å². The van der Waals surface area contributed by atoms with Crippen LogP contribution in [0.1, 0.15) is 25.7 Å². The number of amides is 1. The number of rotatable bonds is 3. The summed E-state index contributed by atoms with van der Waals surface area (Å²) in [4.78, 5) is 18.1. The molecular weight excluding hydrogens is 415 g/mol. The van der Waals surface area contributed by atoms with Crippen LogP contribution in [0.2, 0.25) is 5.15 Å². The van der Waals surface area contributed by atoms with Gasteiger partial charge in [-0.25, -0.2) is 4.98 Å². The monoisotopic (exact) mass is 434 g/mol. The number of halogens is 2. The van der Waals surface area contributed by atoms with E-state index in [4.69, 9.17) is 11.6 Å². The highest BCUT2D eigenvalue weighted by Gasteiger charge is 2.28. The second kappa shape index (κ2) is 7.31.